The third-order valence-corrected chi connectivity index (χ3v) is 7.18. The normalized spacial score (nSPS) is 13.5. The summed E-state index contributed by atoms with van der Waals surface area (Å²) in [7, 11) is 0. The van der Waals surface area contributed by atoms with Crippen LogP contribution in [0.2, 0.25) is 0 Å². The summed E-state index contributed by atoms with van der Waals surface area (Å²) >= 11 is 0. The van der Waals surface area contributed by atoms with Crippen LogP contribution in [0.15, 0.2) is 0 Å². The Kier molecular flexibility index (Phi) is 26.2. The zero-order valence-corrected chi connectivity index (χ0v) is 22.3. The lowest BCUT2D eigenvalue weighted by atomic mass is 9.95. The molecule has 1 heteroatoms. The van der Waals surface area contributed by atoms with Crippen LogP contribution < -0.4 is 0 Å². The zero-order chi connectivity index (χ0) is 22.8. The fraction of sp³-hybridized carbons (Fsp3) is 1.00. The van der Waals surface area contributed by atoms with Gasteiger partial charge in [0, 0.05) is 0 Å². The molecular weight excluding hydrogens is 376 g/mol. The van der Waals surface area contributed by atoms with Gasteiger partial charge in [0.2, 0.25) is 0 Å². The molecule has 188 valence electrons. The molecule has 0 saturated carbocycles. The molecule has 0 amide bonds. The number of hydrogen-bond acceptors (Lipinski definition) is 1. The van der Waals surface area contributed by atoms with Gasteiger partial charge >= 0.3 is 0 Å². The van der Waals surface area contributed by atoms with Crippen LogP contribution in [-0.2, 0) is 0 Å². The molecule has 0 heterocycles. The molecule has 0 aliphatic rings. The van der Waals surface area contributed by atoms with Crippen molar-refractivity contribution in [2.75, 3.05) is 0 Å². The van der Waals surface area contributed by atoms with Crippen LogP contribution in [0.5, 0.6) is 0 Å². The SMILES string of the molecule is CCCCCCCCCCC(C)CCCCCCCCCCCC[C@@H](O)CCCCC. The van der Waals surface area contributed by atoms with Crippen molar-refractivity contribution < 1.29 is 5.11 Å². The Morgan fingerprint density at radius 1 is 0.387 bits per heavy atom. The molecule has 0 spiro atoms. The Hall–Kier alpha value is -0.0400. The minimum atomic E-state index is -0.0328. The molecule has 0 aromatic heterocycles. The molecule has 2 atom stereocenters. The van der Waals surface area contributed by atoms with Gasteiger partial charge in [-0.05, 0) is 18.8 Å². The maximum atomic E-state index is 9.95. The van der Waals surface area contributed by atoms with Gasteiger partial charge in [-0.2, -0.15) is 0 Å². The maximum absolute atomic E-state index is 9.95. The fourth-order valence-electron chi connectivity index (χ4n) is 4.83. The molecule has 0 aromatic rings. The van der Waals surface area contributed by atoms with Crippen LogP contribution >= 0.6 is 0 Å². The van der Waals surface area contributed by atoms with E-state index in [1.165, 1.54) is 148 Å². The molecular formula is C30H62O. The van der Waals surface area contributed by atoms with Gasteiger partial charge in [0.15, 0.2) is 0 Å². The van der Waals surface area contributed by atoms with Crippen molar-refractivity contribution in [1.29, 1.82) is 0 Å². The van der Waals surface area contributed by atoms with Crippen molar-refractivity contribution >= 4 is 0 Å². The lowest BCUT2D eigenvalue weighted by Gasteiger charge is -2.11. The van der Waals surface area contributed by atoms with Crippen molar-refractivity contribution in [2.45, 2.75) is 187 Å². The Morgan fingerprint density at radius 2 is 0.645 bits per heavy atom. The van der Waals surface area contributed by atoms with E-state index in [2.05, 4.69) is 20.8 Å². The molecule has 0 rings (SSSR count). The highest BCUT2D eigenvalue weighted by atomic mass is 16.3. The van der Waals surface area contributed by atoms with E-state index in [4.69, 9.17) is 0 Å². The summed E-state index contributed by atoms with van der Waals surface area (Å²) in [5.74, 6) is 0.949. The van der Waals surface area contributed by atoms with Gasteiger partial charge in [-0.15, -0.1) is 0 Å². The van der Waals surface area contributed by atoms with Crippen LogP contribution in [0.25, 0.3) is 0 Å². The van der Waals surface area contributed by atoms with E-state index in [9.17, 15) is 5.11 Å². The molecule has 1 unspecified atom stereocenters. The van der Waals surface area contributed by atoms with Crippen molar-refractivity contribution in [1.82, 2.24) is 0 Å². The Balaban J connectivity index is 3.18. The minimum Gasteiger partial charge on any atom is -0.393 e. The first kappa shape index (κ1) is 31.0. The molecule has 1 N–H and O–H groups in total. The first-order chi connectivity index (χ1) is 15.2. The summed E-state index contributed by atoms with van der Waals surface area (Å²) in [6.07, 6.45) is 34.3. The summed E-state index contributed by atoms with van der Waals surface area (Å²) in [6, 6.07) is 0. The van der Waals surface area contributed by atoms with E-state index in [1.54, 1.807) is 0 Å². The van der Waals surface area contributed by atoms with Gasteiger partial charge in [-0.1, -0.05) is 168 Å². The van der Waals surface area contributed by atoms with Gasteiger partial charge in [0.1, 0.15) is 0 Å². The highest BCUT2D eigenvalue weighted by Gasteiger charge is 2.04. The van der Waals surface area contributed by atoms with Crippen LogP contribution in [0.1, 0.15) is 181 Å². The molecule has 1 nitrogen and oxygen atoms in total. The molecule has 0 bridgehead atoms. The number of unbranched alkanes of at least 4 members (excludes halogenated alkanes) is 18. The quantitative estimate of drug-likeness (QED) is 0.133. The smallest absolute Gasteiger partial charge is 0.0540 e. The predicted octanol–water partition coefficient (Wildman–Crippen LogP) is 10.8. The molecule has 0 aliphatic heterocycles. The largest absolute Gasteiger partial charge is 0.393 e. The minimum absolute atomic E-state index is 0.0328. The van der Waals surface area contributed by atoms with E-state index in [1.807, 2.05) is 0 Å². The third-order valence-electron chi connectivity index (χ3n) is 7.18. The van der Waals surface area contributed by atoms with Gasteiger partial charge in [-0.3, -0.25) is 0 Å². The summed E-state index contributed by atoms with van der Waals surface area (Å²) in [5.41, 5.74) is 0. The van der Waals surface area contributed by atoms with Crippen LogP contribution in [0, 0.1) is 5.92 Å². The third kappa shape index (κ3) is 26.1. The van der Waals surface area contributed by atoms with E-state index >= 15 is 0 Å². The molecule has 0 aromatic carbocycles. The second-order valence-electron chi connectivity index (χ2n) is 10.6. The lowest BCUT2D eigenvalue weighted by molar-refractivity contribution is 0.147. The van der Waals surface area contributed by atoms with Gasteiger partial charge in [0.05, 0.1) is 6.10 Å². The second-order valence-corrected chi connectivity index (χ2v) is 10.6. The first-order valence-corrected chi connectivity index (χ1v) is 14.9. The van der Waals surface area contributed by atoms with Crippen molar-refractivity contribution in [2.24, 2.45) is 5.92 Å². The predicted molar refractivity (Wildman–Crippen MR) is 142 cm³/mol. The monoisotopic (exact) mass is 438 g/mol. The van der Waals surface area contributed by atoms with E-state index in [-0.39, 0.29) is 6.10 Å². The summed E-state index contributed by atoms with van der Waals surface area (Å²) in [5, 5.41) is 9.95. The Labute approximate surface area is 198 Å². The summed E-state index contributed by atoms with van der Waals surface area (Å²) in [6.45, 7) is 7.01. The van der Waals surface area contributed by atoms with Gasteiger partial charge in [-0.25, -0.2) is 0 Å². The molecule has 0 radical (unpaired) electrons. The Morgan fingerprint density at radius 3 is 1.03 bits per heavy atom. The van der Waals surface area contributed by atoms with Crippen LogP contribution in [-0.4, -0.2) is 11.2 Å². The topological polar surface area (TPSA) is 20.2 Å². The number of aliphatic hydroxyl groups excluding tert-OH is 1. The molecule has 0 fully saturated rings. The van der Waals surface area contributed by atoms with Gasteiger partial charge < -0.3 is 5.11 Å². The molecule has 31 heavy (non-hydrogen) atoms. The van der Waals surface area contributed by atoms with E-state index in [0.717, 1.165) is 18.8 Å². The van der Waals surface area contributed by atoms with Crippen LogP contribution in [0.3, 0.4) is 0 Å². The molecule has 0 saturated heterocycles. The van der Waals surface area contributed by atoms with Crippen molar-refractivity contribution in [3.8, 4) is 0 Å². The van der Waals surface area contributed by atoms with E-state index < -0.39 is 0 Å². The fourth-order valence-corrected chi connectivity index (χ4v) is 4.83. The van der Waals surface area contributed by atoms with Crippen molar-refractivity contribution in [3.05, 3.63) is 0 Å². The van der Waals surface area contributed by atoms with Crippen molar-refractivity contribution in [3.63, 3.8) is 0 Å². The maximum Gasteiger partial charge on any atom is 0.0540 e. The summed E-state index contributed by atoms with van der Waals surface area (Å²) < 4.78 is 0. The number of aliphatic hydroxyl groups is 1. The average Bonchev–Trinajstić information content (AvgIpc) is 2.76. The van der Waals surface area contributed by atoms with E-state index in [0.29, 0.717) is 0 Å². The summed E-state index contributed by atoms with van der Waals surface area (Å²) in [4.78, 5) is 0. The highest BCUT2D eigenvalue weighted by molar-refractivity contribution is 4.58. The average molecular weight is 439 g/mol. The Bertz CT molecular complexity index is 314. The van der Waals surface area contributed by atoms with Crippen LogP contribution in [0.4, 0.5) is 0 Å². The standard InChI is InChI=1S/C30H62O/c1-4-6-8-9-10-15-18-22-25-29(3)26-23-19-16-13-11-12-14-17-20-24-28-30(31)27-21-7-5-2/h29-31H,4-28H2,1-3H3/t29?,30-/m0/s1. The number of rotatable bonds is 26. The zero-order valence-electron chi connectivity index (χ0n) is 22.3. The second kappa shape index (κ2) is 26.2. The highest BCUT2D eigenvalue weighted by Crippen LogP contribution is 2.19. The molecule has 0 aliphatic carbocycles. The number of hydrogen-bond donors (Lipinski definition) is 1. The van der Waals surface area contributed by atoms with Gasteiger partial charge in [0.25, 0.3) is 0 Å². The lowest BCUT2D eigenvalue weighted by Crippen LogP contribution is -2.05. The first-order valence-electron chi connectivity index (χ1n) is 14.9.